The van der Waals surface area contributed by atoms with E-state index in [1.165, 1.54) is 0 Å². The summed E-state index contributed by atoms with van der Waals surface area (Å²) in [6.45, 7) is 1.79. The van der Waals surface area contributed by atoms with E-state index in [2.05, 4.69) is 0 Å². The van der Waals surface area contributed by atoms with Gasteiger partial charge < -0.3 is 10.8 Å². The Morgan fingerprint density at radius 2 is 1.71 bits per heavy atom. The highest BCUT2D eigenvalue weighted by atomic mass is 35.5. The number of hydrogen-bond acceptors (Lipinski definition) is 2. The predicted octanol–water partition coefficient (Wildman–Crippen LogP) is 2.49. The summed E-state index contributed by atoms with van der Waals surface area (Å²) in [4.78, 5) is 0. The molecule has 80 valence electrons. The Bertz CT molecular complexity index is 229. The van der Waals surface area contributed by atoms with Crippen LogP contribution in [0.15, 0.2) is 30.3 Å². The molecule has 0 radical (unpaired) electrons. The Morgan fingerprint density at radius 1 is 1.29 bits per heavy atom. The van der Waals surface area contributed by atoms with Gasteiger partial charge in [0.25, 0.3) is 0 Å². The highest BCUT2D eigenvalue weighted by molar-refractivity contribution is 6.40. The first kappa shape index (κ1) is 13.7. The fourth-order valence-electron chi connectivity index (χ4n) is 0.954. The Balaban J connectivity index is 0.000000500. The number of aliphatic hydroxyl groups excluding tert-OH is 1. The van der Waals surface area contributed by atoms with Gasteiger partial charge in [-0.25, -0.2) is 0 Å². The summed E-state index contributed by atoms with van der Waals surface area (Å²) in [7, 11) is 0. The van der Waals surface area contributed by atoms with Crippen LogP contribution in [0, 0.1) is 0 Å². The van der Waals surface area contributed by atoms with Gasteiger partial charge >= 0.3 is 0 Å². The summed E-state index contributed by atoms with van der Waals surface area (Å²) in [5, 5.41) is 9.67. The van der Waals surface area contributed by atoms with Crippen molar-refractivity contribution < 1.29 is 5.11 Å². The molecule has 1 aromatic rings. The van der Waals surface area contributed by atoms with Crippen LogP contribution >= 0.6 is 23.2 Å². The second kappa shape index (κ2) is 8.06. The molecule has 0 fully saturated rings. The summed E-state index contributed by atoms with van der Waals surface area (Å²) < 4.78 is 0. The van der Waals surface area contributed by atoms with E-state index in [-0.39, 0.29) is 11.4 Å². The third-order valence-corrected chi connectivity index (χ3v) is 1.64. The largest absolute Gasteiger partial charge is 0.387 e. The number of benzene rings is 1. The maximum atomic E-state index is 9.47. The van der Waals surface area contributed by atoms with E-state index < -0.39 is 6.10 Å². The Hall–Kier alpha value is -0.280. The van der Waals surface area contributed by atoms with Crippen LogP contribution < -0.4 is 5.73 Å². The molecule has 0 aliphatic heterocycles. The molecular formula is C10H15Cl2NO. The number of hydrogen-bond donors (Lipinski definition) is 2. The summed E-state index contributed by atoms with van der Waals surface area (Å²) in [5.41, 5.74) is 6.40. The molecular weight excluding hydrogens is 221 g/mol. The summed E-state index contributed by atoms with van der Waals surface area (Å²) in [6, 6.07) is 9.22. The summed E-state index contributed by atoms with van der Waals surface area (Å²) in [6.07, 6.45) is -0.545. The average Bonchev–Trinajstić information content (AvgIpc) is 2.19. The zero-order valence-electron chi connectivity index (χ0n) is 8.03. The van der Waals surface area contributed by atoms with Crippen molar-refractivity contribution in [1.82, 2.24) is 0 Å². The summed E-state index contributed by atoms with van der Waals surface area (Å²) >= 11 is 9.53. The lowest BCUT2D eigenvalue weighted by Gasteiger charge is -2.13. The molecule has 0 heterocycles. The molecule has 2 atom stereocenters. The molecule has 1 aromatic carbocycles. The highest BCUT2D eigenvalue weighted by Gasteiger charge is 2.10. The van der Waals surface area contributed by atoms with Gasteiger partial charge in [0.05, 0.1) is 11.4 Å². The maximum absolute atomic E-state index is 9.47. The van der Waals surface area contributed by atoms with E-state index in [1.54, 1.807) is 6.92 Å². The normalized spacial score (nSPS) is 13.8. The molecule has 4 heteroatoms. The Morgan fingerprint density at radius 3 is 2.07 bits per heavy atom. The molecule has 0 unspecified atom stereocenters. The van der Waals surface area contributed by atoms with Gasteiger partial charge in [0, 0.05) is 6.04 Å². The number of halogens is 2. The van der Waals surface area contributed by atoms with Crippen molar-refractivity contribution in [3.63, 3.8) is 0 Å². The van der Waals surface area contributed by atoms with Crippen LogP contribution in [0.2, 0.25) is 0 Å². The van der Waals surface area contributed by atoms with E-state index in [0.29, 0.717) is 0 Å². The zero-order chi connectivity index (χ0) is 11.0. The van der Waals surface area contributed by atoms with Gasteiger partial charge in [-0.05, 0) is 12.5 Å². The number of rotatable bonds is 2. The maximum Gasteiger partial charge on any atom is 0.0967 e. The molecule has 0 aromatic heterocycles. The van der Waals surface area contributed by atoms with Crippen molar-refractivity contribution in [2.45, 2.75) is 19.1 Å². The highest BCUT2D eigenvalue weighted by Crippen LogP contribution is 2.13. The minimum atomic E-state index is -0.545. The molecule has 0 saturated carbocycles. The van der Waals surface area contributed by atoms with Crippen LogP contribution in [0.1, 0.15) is 18.6 Å². The Labute approximate surface area is 94.6 Å². The molecule has 0 spiro atoms. The van der Waals surface area contributed by atoms with Gasteiger partial charge in [0.2, 0.25) is 0 Å². The molecule has 0 saturated heterocycles. The van der Waals surface area contributed by atoms with Crippen molar-refractivity contribution in [2.75, 3.05) is 5.34 Å². The first-order valence-electron chi connectivity index (χ1n) is 4.24. The summed E-state index contributed by atoms with van der Waals surface area (Å²) in [5.74, 6) is 0. The number of aliphatic hydroxyl groups is 1. The molecule has 0 aliphatic carbocycles. The van der Waals surface area contributed by atoms with Crippen LogP contribution in [0.3, 0.4) is 0 Å². The van der Waals surface area contributed by atoms with E-state index in [9.17, 15) is 5.11 Å². The molecule has 1 rings (SSSR count). The van der Waals surface area contributed by atoms with Crippen LogP contribution in [0.4, 0.5) is 0 Å². The third kappa shape index (κ3) is 5.45. The minimum Gasteiger partial charge on any atom is -0.387 e. The van der Waals surface area contributed by atoms with Crippen molar-refractivity contribution >= 4 is 23.2 Å². The van der Waals surface area contributed by atoms with Gasteiger partial charge in [0.15, 0.2) is 0 Å². The fraction of sp³-hybridized carbons (Fsp3) is 0.400. The SMILES string of the molecule is C[C@@H](N)[C@@H](O)c1ccccc1.ClCCl. The zero-order valence-corrected chi connectivity index (χ0v) is 9.54. The second-order valence-electron chi connectivity index (χ2n) is 2.82. The number of nitrogens with two attached hydrogens (primary N) is 1. The Kier molecular flexibility index (Phi) is 7.90. The number of alkyl halides is 2. The quantitative estimate of drug-likeness (QED) is 0.775. The van der Waals surface area contributed by atoms with E-state index in [0.717, 1.165) is 5.56 Å². The van der Waals surface area contributed by atoms with Gasteiger partial charge in [0.1, 0.15) is 0 Å². The first-order valence-corrected chi connectivity index (χ1v) is 5.31. The first-order chi connectivity index (χ1) is 6.63. The third-order valence-electron chi connectivity index (χ3n) is 1.64. The lowest BCUT2D eigenvalue weighted by Crippen LogP contribution is -2.24. The van der Waals surface area contributed by atoms with E-state index >= 15 is 0 Å². The lowest BCUT2D eigenvalue weighted by atomic mass is 10.0. The molecule has 2 nitrogen and oxygen atoms in total. The molecule has 14 heavy (non-hydrogen) atoms. The van der Waals surface area contributed by atoms with E-state index in [4.69, 9.17) is 28.9 Å². The fourth-order valence-corrected chi connectivity index (χ4v) is 0.954. The van der Waals surface area contributed by atoms with Gasteiger partial charge in [-0.3, -0.25) is 0 Å². The van der Waals surface area contributed by atoms with Crippen molar-refractivity contribution in [2.24, 2.45) is 5.73 Å². The van der Waals surface area contributed by atoms with Gasteiger partial charge in [-0.2, -0.15) is 0 Å². The molecule has 3 N–H and O–H groups in total. The average molecular weight is 236 g/mol. The lowest BCUT2D eigenvalue weighted by molar-refractivity contribution is 0.153. The minimum absolute atomic E-state index is 0.194. The van der Waals surface area contributed by atoms with Crippen LogP contribution in [-0.2, 0) is 0 Å². The van der Waals surface area contributed by atoms with Crippen LogP contribution in [0.25, 0.3) is 0 Å². The van der Waals surface area contributed by atoms with E-state index in [1.807, 2.05) is 30.3 Å². The molecule has 0 aliphatic rings. The van der Waals surface area contributed by atoms with Crippen LogP contribution in [0.5, 0.6) is 0 Å². The standard InChI is InChI=1S/C9H13NO.CH2Cl2/c1-7(10)9(11)8-5-3-2-4-6-8;2-1-3/h2-7,9,11H,10H2,1H3;1H2/t7-,9-;/m1./s1. The smallest absolute Gasteiger partial charge is 0.0967 e. The predicted molar refractivity (Wildman–Crippen MR) is 61.6 cm³/mol. The molecule has 0 bridgehead atoms. The second-order valence-corrected chi connectivity index (χ2v) is 3.62. The van der Waals surface area contributed by atoms with Crippen molar-refractivity contribution in [1.29, 1.82) is 0 Å². The van der Waals surface area contributed by atoms with Gasteiger partial charge in [-0.1, -0.05) is 30.3 Å². The molecule has 0 amide bonds. The van der Waals surface area contributed by atoms with Crippen molar-refractivity contribution in [3.05, 3.63) is 35.9 Å². The van der Waals surface area contributed by atoms with Crippen LogP contribution in [-0.4, -0.2) is 16.5 Å². The topological polar surface area (TPSA) is 46.2 Å². The van der Waals surface area contributed by atoms with Gasteiger partial charge in [-0.15, -0.1) is 23.2 Å². The van der Waals surface area contributed by atoms with Crippen molar-refractivity contribution in [3.8, 4) is 0 Å². The monoisotopic (exact) mass is 235 g/mol.